The van der Waals surface area contributed by atoms with Crippen LogP contribution >= 0.6 is 136 Å². The van der Waals surface area contributed by atoms with E-state index in [4.69, 9.17) is 15.6 Å². The number of aliphatic carboxylic acids is 1. The van der Waals surface area contributed by atoms with Gasteiger partial charge in [0.1, 0.15) is 5.78 Å². The molecule has 6 rings (SSSR count). The number of nitrogen functional groups attached to an aromatic ring is 1. The van der Waals surface area contributed by atoms with Gasteiger partial charge in [0.2, 0.25) is 5.91 Å². The first-order valence-corrected chi connectivity index (χ1v) is 46.7. The van der Waals surface area contributed by atoms with Crippen LogP contribution in [0.3, 0.4) is 0 Å². The molecule has 2 aromatic rings. The second kappa shape index (κ2) is 31.8. The zero-order chi connectivity index (χ0) is 38.0. The number of amides is 1. The van der Waals surface area contributed by atoms with E-state index in [0.717, 1.165) is 18.3 Å². The van der Waals surface area contributed by atoms with Crippen LogP contribution in [-0.4, -0.2) is 22.8 Å². The molecule has 4 unspecified atom stereocenters. The number of allylic oxidation sites excluding steroid dienone is 4. The molecule has 0 aliphatic heterocycles. The van der Waals surface area contributed by atoms with Crippen molar-refractivity contribution < 1.29 is 46.0 Å². The molecule has 2 aromatic carbocycles. The predicted octanol–water partition coefficient (Wildman–Crippen LogP) is 8.80. The Hall–Kier alpha value is 2.90. The summed E-state index contributed by atoms with van der Waals surface area (Å²) in [7, 11) is 0. The molecule has 51 heavy (non-hydrogen) atoms. The molecule has 2 saturated carbocycles. The Morgan fingerprint density at radius 3 is 1.33 bits per heavy atom. The average molecular weight is 1720 g/mol. The van der Waals surface area contributed by atoms with Gasteiger partial charge in [0.25, 0.3) is 5.97 Å². The Morgan fingerprint density at radius 2 is 1.00 bits per heavy atom. The summed E-state index contributed by atoms with van der Waals surface area (Å²) < 4.78 is 0. The number of ketones is 1. The molecule has 4 aliphatic rings. The molecule has 4 atom stereocenters. The van der Waals surface area contributed by atoms with E-state index in [0.29, 0.717) is 50.2 Å². The van der Waals surface area contributed by atoms with Crippen LogP contribution in [-0.2, 0) is 14.4 Å². The number of benzene rings is 2. The molecule has 0 saturated heterocycles. The Kier molecular flexibility index (Phi) is 36.3. The normalized spacial score (nSPS) is 18.4. The third kappa shape index (κ3) is 19.0. The van der Waals surface area contributed by atoms with Crippen LogP contribution in [0.1, 0.15) is 134 Å². The molecule has 0 heterocycles. The summed E-state index contributed by atoms with van der Waals surface area (Å²) >= 11 is 14.8. The van der Waals surface area contributed by atoms with Crippen molar-refractivity contribution in [2.45, 2.75) is 112 Å². The number of Topliss-reactive ketones (excluding diaryl/α,β-unsaturated/α-hetero) is 1. The maximum atomic E-state index is 11.3. The van der Waals surface area contributed by atoms with Crippen molar-refractivity contribution in [1.29, 1.82) is 0 Å². The average Bonchev–Trinajstić information content (AvgIpc) is 3.78. The number of carbonyl (C=O) groups is 3. The number of nitrogens with one attached hydrogen (secondary N) is 1. The zero-order valence-corrected chi connectivity index (χ0v) is 48.9. The fraction of sp³-hybridized carbons (Fsp3) is 0.472. The van der Waals surface area contributed by atoms with Crippen LogP contribution in [0, 0.1) is 0 Å². The van der Waals surface area contributed by atoms with Gasteiger partial charge in [-0.05, 0) is 102 Å². The molecule has 6 nitrogen and oxygen atoms in total. The van der Waals surface area contributed by atoms with E-state index in [-0.39, 0.29) is 43.1 Å². The fourth-order valence-corrected chi connectivity index (χ4v) is 7.30. The topological polar surface area (TPSA) is 109 Å². The van der Waals surface area contributed by atoms with E-state index in [9.17, 15) is 9.59 Å². The second-order valence-electron chi connectivity index (χ2n) is 12.2. The van der Waals surface area contributed by atoms with E-state index in [1.165, 1.54) is 72.9 Å². The number of hydrogen-bond donors (Lipinski definition) is 3. The van der Waals surface area contributed by atoms with Gasteiger partial charge in [-0.3, -0.25) is 9.59 Å². The summed E-state index contributed by atoms with van der Waals surface area (Å²) in [5.74, 6) is 1.81. The first-order valence-electron chi connectivity index (χ1n) is 15.3. The number of fused-ring (bicyclic) bond motifs is 10. The molecule has 4 aliphatic carbocycles. The third-order valence-corrected chi connectivity index (χ3v) is 8.22. The van der Waals surface area contributed by atoms with Gasteiger partial charge in [-0.15, -0.1) is 24.0 Å². The first-order chi connectivity index (χ1) is 23.1. The molecule has 0 spiro atoms. The van der Waals surface area contributed by atoms with Gasteiger partial charge in [-0.25, -0.2) is 0 Å². The third-order valence-electron chi connectivity index (χ3n) is 8.22. The Bertz CT molecular complexity index is 1440. The monoisotopic (exact) mass is 1720 g/mol. The molecule has 15 heteroatoms. The number of carbonyl (C=O) groups excluding carboxylic acids is 2. The minimum atomic E-state index is -0.833. The molecule has 0 radical (unpaired) electrons. The van der Waals surface area contributed by atoms with E-state index in [1.807, 2.05) is 12.1 Å². The second-order valence-corrected chi connectivity index (χ2v) is 44.6. The Balaban J connectivity index is -0.000000629. The maximum absolute atomic E-state index is 11.3. The minimum absolute atomic E-state index is 0. The van der Waals surface area contributed by atoms with Crippen LogP contribution in [0.25, 0.3) is 0 Å². The number of rotatable bonds is 1. The quantitative estimate of drug-likeness (QED) is 0.150. The molecular weight excluding hydrogens is 1670 g/mol. The van der Waals surface area contributed by atoms with Gasteiger partial charge >= 0.3 is 101 Å². The van der Waals surface area contributed by atoms with Crippen LogP contribution < -0.4 is 37.6 Å². The molecule has 2 fully saturated rings. The van der Waals surface area contributed by atoms with Gasteiger partial charge in [0.05, 0.1) is 0 Å². The van der Waals surface area contributed by atoms with Crippen molar-refractivity contribution in [2.75, 3.05) is 11.1 Å². The van der Waals surface area contributed by atoms with Crippen LogP contribution in [0.5, 0.6) is 0 Å². The molecular formula is C36H51I9N2O4-2. The van der Waals surface area contributed by atoms with E-state index in [1.54, 1.807) is 18.1 Å². The summed E-state index contributed by atoms with van der Waals surface area (Å²) in [5.41, 5.74) is 20.1. The van der Waals surface area contributed by atoms with E-state index in [2.05, 4.69) is 169 Å². The number of hydrogen-bond acceptors (Lipinski definition) is 4. The molecule has 4 N–H and O–H groups in total. The van der Waals surface area contributed by atoms with Crippen molar-refractivity contribution >= 4 is 165 Å². The number of carboxylic acids is 1. The summed E-state index contributed by atoms with van der Waals surface area (Å²) in [6, 6.07) is 12.7. The SMILES string of the molecule is C.CC(=O)Nc1cccc2c1C1CCC2C1=C(C)C.CC(=O)O.CC(C)=C1C2CCC1c1c(N)cccc12.CC(C)=O.I.II.I[I-]I.I[I-]I. The number of nitrogens with two attached hydrogens (primary N) is 1. The van der Waals surface area contributed by atoms with E-state index >= 15 is 0 Å². The van der Waals surface area contributed by atoms with Crippen molar-refractivity contribution in [3.8, 4) is 0 Å². The van der Waals surface area contributed by atoms with Crippen molar-refractivity contribution in [1.82, 2.24) is 0 Å². The molecule has 294 valence electrons. The Labute approximate surface area is 407 Å². The summed E-state index contributed by atoms with van der Waals surface area (Å²) in [5, 5.41) is 10.4. The van der Waals surface area contributed by atoms with Crippen LogP contribution in [0.2, 0.25) is 0 Å². The molecule has 1 amide bonds. The van der Waals surface area contributed by atoms with Gasteiger partial charge in [0.15, 0.2) is 0 Å². The van der Waals surface area contributed by atoms with Gasteiger partial charge in [-0.2, -0.15) is 0 Å². The number of carboxylic acid groups (broad SMARTS) is 1. The molecule has 4 bridgehead atoms. The number of anilines is 2. The summed E-state index contributed by atoms with van der Waals surface area (Å²) in [4.78, 5) is 29.8. The predicted molar refractivity (Wildman–Crippen MR) is 274 cm³/mol. The van der Waals surface area contributed by atoms with Crippen molar-refractivity contribution in [3.05, 3.63) is 80.9 Å². The molecule has 0 aromatic heterocycles. The Morgan fingerprint density at radius 1 is 0.686 bits per heavy atom. The standard InChI is InChI=1S/C16H19NO.C14H17N.C3H6O.C2H4O2.CH4.2I3.I2.HI/c1-9(2)15-12-7-8-13(15)16-11(12)5-4-6-14(16)17-10(3)18;1-8(2)13-10-6-7-11(13)14-9(10)4-3-5-12(14)15;1-3(2)4;1-2(3)4;;2*1-3-2;1-2;/h4-6,12-13H,7-8H2,1-3H3,(H,17,18);3-5,10-11H,6-7,15H2,1-2H3;1-2H3;1H3,(H,3,4);1H4;;;;1H/q;;;;;2*-1;;. The van der Waals surface area contributed by atoms with Crippen molar-refractivity contribution in [3.63, 3.8) is 0 Å². The fourth-order valence-electron chi connectivity index (χ4n) is 7.30. The number of halogens is 9. The first kappa shape index (κ1) is 58.2. The van der Waals surface area contributed by atoms with Crippen LogP contribution in [0.15, 0.2) is 58.7 Å². The summed E-state index contributed by atoms with van der Waals surface area (Å²) in [6.07, 6.45) is 5.12. The van der Waals surface area contributed by atoms with Crippen molar-refractivity contribution in [2.24, 2.45) is 0 Å². The summed E-state index contributed by atoms with van der Waals surface area (Å²) in [6.45, 7) is 14.6. The van der Waals surface area contributed by atoms with Gasteiger partial charge in [-0.1, -0.05) is 54.0 Å². The van der Waals surface area contributed by atoms with E-state index < -0.39 is 5.97 Å². The van der Waals surface area contributed by atoms with Gasteiger partial charge < -0.3 is 21.0 Å². The zero-order valence-electron chi connectivity index (χ0n) is 29.3. The van der Waals surface area contributed by atoms with Crippen LogP contribution in [0.4, 0.5) is 11.4 Å². The van der Waals surface area contributed by atoms with Gasteiger partial charge in [0, 0.05) is 86.1 Å².